The van der Waals surface area contributed by atoms with E-state index in [0.29, 0.717) is 11.7 Å². The highest BCUT2D eigenvalue weighted by Crippen LogP contribution is 2.27. The van der Waals surface area contributed by atoms with Crippen LogP contribution >= 0.6 is 0 Å². The van der Waals surface area contributed by atoms with E-state index in [9.17, 15) is 13.2 Å². The van der Waals surface area contributed by atoms with Gasteiger partial charge in [-0.2, -0.15) is 0 Å². The standard InChI is InChI=1S/C18H27N3O4S/c1-14(2)12-21-10-8-15-16(21)6-5-7-17(15)25-13-18(22)19-9-11-26(23,24)20(3)4/h5-8,10,14H,9,11-13H2,1-4H3,(H,19,22). The number of sulfonamides is 1. The minimum atomic E-state index is -3.32. The van der Waals surface area contributed by atoms with Crippen LogP contribution in [0.25, 0.3) is 10.9 Å². The molecule has 1 aromatic carbocycles. The number of hydrogen-bond donors (Lipinski definition) is 1. The van der Waals surface area contributed by atoms with Crippen molar-refractivity contribution in [1.82, 2.24) is 14.2 Å². The van der Waals surface area contributed by atoms with Gasteiger partial charge in [-0.15, -0.1) is 0 Å². The molecule has 1 heterocycles. The summed E-state index contributed by atoms with van der Waals surface area (Å²) in [5.41, 5.74) is 1.06. The van der Waals surface area contributed by atoms with Crippen molar-refractivity contribution in [3.63, 3.8) is 0 Å². The molecule has 0 atom stereocenters. The van der Waals surface area contributed by atoms with Crippen LogP contribution in [-0.2, 0) is 21.4 Å². The molecule has 1 aromatic heterocycles. The number of benzene rings is 1. The number of rotatable bonds is 9. The molecule has 0 saturated carbocycles. The number of aromatic nitrogens is 1. The molecule has 0 spiro atoms. The Morgan fingerprint density at radius 2 is 2.00 bits per heavy atom. The second kappa shape index (κ2) is 8.55. The summed E-state index contributed by atoms with van der Waals surface area (Å²) in [6, 6.07) is 7.73. The van der Waals surface area contributed by atoms with Crippen LogP contribution in [0.2, 0.25) is 0 Å². The molecule has 26 heavy (non-hydrogen) atoms. The number of fused-ring (bicyclic) bond motifs is 1. The Hall–Kier alpha value is -2.06. The van der Waals surface area contributed by atoms with E-state index in [1.165, 1.54) is 14.1 Å². The van der Waals surface area contributed by atoms with E-state index in [0.717, 1.165) is 21.8 Å². The van der Waals surface area contributed by atoms with Crippen molar-refractivity contribution in [1.29, 1.82) is 0 Å². The molecule has 7 nitrogen and oxygen atoms in total. The fraction of sp³-hybridized carbons (Fsp3) is 0.500. The van der Waals surface area contributed by atoms with Gasteiger partial charge in [0.2, 0.25) is 10.0 Å². The lowest BCUT2D eigenvalue weighted by atomic mass is 10.2. The first kappa shape index (κ1) is 20.3. The van der Waals surface area contributed by atoms with Gasteiger partial charge in [0.15, 0.2) is 6.61 Å². The van der Waals surface area contributed by atoms with Crippen LogP contribution < -0.4 is 10.1 Å². The van der Waals surface area contributed by atoms with Gasteiger partial charge in [-0.05, 0) is 24.1 Å². The Bertz CT molecular complexity index is 856. The van der Waals surface area contributed by atoms with E-state index >= 15 is 0 Å². The Balaban J connectivity index is 1.93. The van der Waals surface area contributed by atoms with Crippen molar-refractivity contribution in [3.8, 4) is 5.75 Å². The van der Waals surface area contributed by atoms with E-state index in [2.05, 4.69) is 23.7 Å². The molecule has 0 saturated heterocycles. The monoisotopic (exact) mass is 381 g/mol. The van der Waals surface area contributed by atoms with Crippen molar-refractivity contribution in [3.05, 3.63) is 30.5 Å². The van der Waals surface area contributed by atoms with Crippen LogP contribution in [0.4, 0.5) is 0 Å². The first-order valence-corrected chi connectivity index (χ1v) is 10.2. The lowest BCUT2D eigenvalue weighted by Gasteiger charge is -2.12. The molecule has 0 radical (unpaired) electrons. The molecular weight excluding hydrogens is 354 g/mol. The molecule has 0 aliphatic carbocycles. The maximum absolute atomic E-state index is 11.9. The maximum Gasteiger partial charge on any atom is 0.257 e. The molecule has 2 aromatic rings. The Morgan fingerprint density at radius 1 is 1.27 bits per heavy atom. The third-order valence-corrected chi connectivity index (χ3v) is 5.77. The van der Waals surface area contributed by atoms with Gasteiger partial charge in [-0.3, -0.25) is 4.79 Å². The SMILES string of the molecule is CC(C)Cn1ccc2c(OCC(=O)NCCS(=O)(=O)N(C)C)cccc21. The van der Waals surface area contributed by atoms with E-state index < -0.39 is 10.0 Å². The minimum Gasteiger partial charge on any atom is -0.483 e. The number of carbonyl (C=O) groups is 1. The summed E-state index contributed by atoms with van der Waals surface area (Å²) in [5.74, 6) is 0.678. The zero-order valence-electron chi connectivity index (χ0n) is 15.7. The summed E-state index contributed by atoms with van der Waals surface area (Å²) in [7, 11) is -0.393. The molecule has 2 rings (SSSR count). The topological polar surface area (TPSA) is 80.6 Å². The molecular formula is C18H27N3O4S. The van der Waals surface area contributed by atoms with Gasteiger partial charge in [0.1, 0.15) is 5.75 Å². The van der Waals surface area contributed by atoms with Crippen molar-refractivity contribution in [2.75, 3.05) is 33.0 Å². The third-order valence-electron chi connectivity index (χ3n) is 3.93. The summed E-state index contributed by atoms with van der Waals surface area (Å²) in [5, 5.41) is 3.52. The van der Waals surface area contributed by atoms with Crippen molar-refractivity contribution in [2.24, 2.45) is 5.92 Å². The fourth-order valence-corrected chi connectivity index (χ4v) is 3.30. The van der Waals surface area contributed by atoms with Gasteiger partial charge in [-0.25, -0.2) is 12.7 Å². The highest BCUT2D eigenvalue weighted by Gasteiger charge is 2.14. The number of carbonyl (C=O) groups excluding carboxylic acids is 1. The summed E-state index contributed by atoms with van der Waals surface area (Å²) < 4.78 is 32.3. The largest absolute Gasteiger partial charge is 0.483 e. The lowest BCUT2D eigenvalue weighted by molar-refractivity contribution is -0.122. The van der Waals surface area contributed by atoms with Crippen molar-refractivity contribution < 1.29 is 17.9 Å². The second-order valence-electron chi connectivity index (χ2n) is 6.79. The van der Waals surface area contributed by atoms with Crippen LogP contribution in [0.3, 0.4) is 0 Å². The van der Waals surface area contributed by atoms with Crippen LogP contribution in [0.5, 0.6) is 5.75 Å². The van der Waals surface area contributed by atoms with Crippen LogP contribution in [-0.4, -0.2) is 56.2 Å². The number of hydrogen-bond acceptors (Lipinski definition) is 4. The minimum absolute atomic E-state index is 0.0532. The van der Waals surface area contributed by atoms with Crippen LogP contribution in [0.1, 0.15) is 13.8 Å². The van der Waals surface area contributed by atoms with Gasteiger partial charge in [0, 0.05) is 38.8 Å². The first-order valence-electron chi connectivity index (χ1n) is 8.58. The molecule has 0 unspecified atom stereocenters. The Labute approximate surface area is 155 Å². The molecule has 0 bridgehead atoms. The first-order chi connectivity index (χ1) is 12.2. The van der Waals surface area contributed by atoms with Gasteiger partial charge < -0.3 is 14.6 Å². The maximum atomic E-state index is 11.9. The zero-order valence-corrected chi connectivity index (χ0v) is 16.5. The Kier molecular flexibility index (Phi) is 6.66. The molecule has 0 fully saturated rings. The smallest absolute Gasteiger partial charge is 0.257 e. The van der Waals surface area contributed by atoms with Gasteiger partial charge in [-0.1, -0.05) is 19.9 Å². The van der Waals surface area contributed by atoms with Crippen molar-refractivity contribution in [2.45, 2.75) is 20.4 Å². The molecule has 1 amide bonds. The van der Waals surface area contributed by atoms with E-state index in [-0.39, 0.29) is 24.8 Å². The highest BCUT2D eigenvalue weighted by atomic mass is 32.2. The second-order valence-corrected chi connectivity index (χ2v) is 9.09. The quantitative estimate of drug-likeness (QED) is 0.717. The average Bonchev–Trinajstić information content (AvgIpc) is 2.95. The van der Waals surface area contributed by atoms with Crippen LogP contribution in [0, 0.1) is 5.92 Å². The molecule has 0 aliphatic rings. The highest BCUT2D eigenvalue weighted by molar-refractivity contribution is 7.89. The molecule has 144 valence electrons. The Morgan fingerprint density at radius 3 is 2.65 bits per heavy atom. The normalized spacial score (nSPS) is 12.1. The fourth-order valence-electron chi connectivity index (χ4n) is 2.57. The molecule has 1 N–H and O–H groups in total. The zero-order chi connectivity index (χ0) is 19.3. The molecule has 8 heteroatoms. The number of ether oxygens (including phenoxy) is 1. The predicted octanol–water partition coefficient (Wildman–Crippen LogP) is 1.68. The summed E-state index contributed by atoms with van der Waals surface area (Å²) in [4.78, 5) is 11.9. The summed E-state index contributed by atoms with van der Waals surface area (Å²) >= 11 is 0. The average molecular weight is 381 g/mol. The number of amides is 1. The molecule has 0 aliphatic heterocycles. The third kappa shape index (κ3) is 5.22. The van der Waals surface area contributed by atoms with Crippen LogP contribution in [0.15, 0.2) is 30.5 Å². The number of nitrogens with one attached hydrogen (secondary N) is 1. The van der Waals surface area contributed by atoms with E-state index in [1.807, 2.05) is 30.5 Å². The summed E-state index contributed by atoms with van der Waals surface area (Å²) in [6.45, 7) is 5.13. The van der Waals surface area contributed by atoms with Gasteiger partial charge in [0.05, 0.1) is 11.3 Å². The number of nitrogens with zero attached hydrogens (tertiary/aromatic N) is 2. The van der Waals surface area contributed by atoms with Gasteiger partial charge in [0.25, 0.3) is 5.91 Å². The van der Waals surface area contributed by atoms with Gasteiger partial charge >= 0.3 is 0 Å². The summed E-state index contributed by atoms with van der Waals surface area (Å²) in [6.07, 6.45) is 2.02. The lowest BCUT2D eigenvalue weighted by Crippen LogP contribution is -2.36. The predicted molar refractivity (Wildman–Crippen MR) is 103 cm³/mol. The van der Waals surface area contributed by atoms with Crippen molar-refractivity contribution >= 4 is 26.8 Å². The van der Waals surface area contributed by atoms with E-state index in [1.54, 1.807) is 0 Å². The van der Waals surface area contributed by atoms with E-state index in [4.69, 9.17) is 4.74 Å².